The molecule has 10 heteroatoms. The summed E-state index contributed by atoms with van der Waals surface area (Å²) in [6.45, 7) is 3.26. The van der Waals surface area contributed by atoms with E-state index in [1.165, 1.54) is 12.4 Å². The number of hydrogen-bond acceptors (Lipinski definition) is 7. The lowest BCUT2D eigenvalue weighted by molar-refractivity contribution is 0.588. The topological polar surface area (TPSA) is 96.3 Å². The summed E-state index contributed by atoms with van der Waals surface area (Å²) in [5.41, 5.74) is 3.81. The number of nitrogens with zero attached hydrogens (tertiary/aromatic N) is 3. The zero-order valence-corrected chi connectivity index (χ0v) is 18.5. The summed E-state index contributed by atoms with van der Waals surface area (Å²) in [5.74, 6) is 0.419. The Morgan fingerprint density at radius 2 is 1.73 bits per heavy atom. The molecule has 0 aliphatic heterocycles. The van der Waals surface area contributed by atoms with Gasteiger partial charge in [-0.2, -0.15) is 10.1 Å². The minimum Gasteiger partial charge on any atom is -0.338 e. The normalized spacial score (nSPS) is 11.8. The molecular weight excluding hydrogens is 445 g/mol. The summed E-state index contributed by atoms with van der Waals surface area (Å²) >= 11 is 12.3. The molecule has 0 spiro atoms. The van der Waals surface area contributed by atoms with E-state index in [9.17, 15) is 8.42 Å². The summed E-state index contributed by atoms with van der Waals surface area (Å²) in [4.78, 5) is 8.52. The highest BCUT2D eigenvalue weighted by Crippen LogP contribution is 2.30. The number of rotatable bonds is 7. The zero-order valence-electron chi connectivity index (χ0n) is 16.2. The molecule has 0 bridgehead atoms. The second-order valence-electron chi connectivity index (χ2n) is 6.50. The molecule has 3 aromatic rings. The van der Waals surface area contributed by atoms with Crippen molar-refractivity contribution in [3.8, 4) is 0 Å². The Balaban J connectivity index is 1.85. The van der Waals surface area contributed by atoms with Gasteiger partial charge in [0.2, 0.25) is 5.95 Å². The highest BCUT2D eigenvalue weighted by atomic mass is 35.5. The van der Waals surface area contributed by atoms with Crippen LogP contribution in [0.3, 0.4) is 0 Å². The maximum absolute atomic E-state index is 12.7. The van der Waals surface area contributed by atoms with E-state index >= 15 is 0 Å². The van der Waals surface area contributed by atoms with Crippen molar-refractivity contribution in [2.45, 2.75) is 24.0 Å². The first-order valence-electron chi connectivity index (χ1n) is 8.95. The average Bonchev–Trinajstić information content (AvgIpc) is 2.72. The lowest BCUT2D eigenvalue weighted by Crippen LogP contribution is -2.15. The van der Waals surface area contributed by atoms with Gasteiger partial charge in [0.1, 0.15) is 5.02 Å². The van der Waals surface area contributed by atoms with Gasteiger partial charge in [-0.15, -0.1) is 0 Å². The minimum atomic E-state index is -3.50. The number of aromatic nitrogens is 2. The fourth-order valence-corrected chi connectivity index (χ4v) is 3.97. The first-order chi connectivity index (χ1) is 14.3. The predicted molar refractivity (Wildman–Crippen MR) is 122 cm³/mol. The van der Waals surface area contributed by atoms with Gasteiger partial charge >= 0.3 is 0 Å². The maximum Gasteiger partial charge on any atom is 0.245 e. The van der Waals surface area contributed by atoms with Gasteiger partial charge < -0.3 is 5.32 Å². The molecule has 0 saturated heterocycles. The van der Waals surface area contributed by atoms with E-state index in [1.54, 1.807) is 44.2 Å². The van der Waals surface area contributed by atoms with Crippen molar-refractivity contribution < 1.29 is 8.42 Å². The molecule has 0 unspecified atom stereocenters. The summed E-state index contributed by atoms with van der Waals surface area (Å²) in [7, 11) is -3.50. The molecule has 3 rings (SSSR count). The third kappa shape index (κ3) is 5.08. The van der Waals surface area contributed by atoms with Crippen LogP contribution in [-0.2, 0) is 9.84 Å². The number of hydrogen-bond donors (Lipinski definition) is 2. The number of halogens is 2. The van der Waals surface area contributed by atoms with Crippen LogP contribution in [0.1, 0.15) is 19.4 Å². The lowest BCUT2D eigenvalue weighted by atomic mass is 10.2. The molecule has 1 heterocycles. The fraction of sp³-hybridized carbons (Fsp3) is 0.150. The van der Waals surface area contributed by atoms with Gasteiger partial charge in [0.25, 0.3) is 0 Å². The molecule has 30 heavy (non-hydrogen) atoms. The van der Waals surface area contributed by atoms with Crippen LogP contribution >= 0.6 is 23.2 Å². The molecule has 0 saturated carbocycles. The molecule has 0 radical (unpaired) electrons. The van der Waals surface area contributed by atoms with Gasteiger partial charge in [0.05, 0.1) is 28.2 Å². The van der Waals surface area contributed by atoms with Crippen LogP contribution in [0.5, 0.6) is 0 Å². The Labute approximate surface area is 185 Å². The van der Waals surface area contributed by atoms with Crippen molar-refractivity contribution in [3.63, 3.8) is 0 Å². The Morgan fingerprint density at radius 1 is 1.03 bits per heavy atom. The van der Waals surface area contributed by atoms with Crippen LogP contribution < -0.4 is 10.7 Å². The summed E-state index contributed by atoms with van der Waals surface area (Å²) < 4.78 is 25.3. The molecule has 0 fully saturated rings. The summed E-state index contributed by atoms with van der Waals surface area (Å²) in [6.07, 6.45) is 2.93. The fourth-order valence-electron chi connectivity index (χ4n) is 2.45. The lowest BCUT2D eigenvalue weighted by Gasteiger charge is -2.15. The molecule has 0 atom stereocenters. The van der Waals surface area contributed by atoms with Crippen molar-refractivity contribution in [1.29, 1.82) is 0 Å². The van der Waals surface area contributed by atoms with Crippen molar-refractivity contribution >= 4 is 56.7 Å². The summed E-state index contributed by atoms with van der Waals surface area (Å²) in [6, 6.07) is 13.8. The number of benzene rings is 2. The van der Waals surface area contributed by atoms with E-state index < -0.39 is 15.1 Å². The largest absolute Gasteiger partial charge is 0.338 e. The summed E-state index contributed by atoms with van der Waals surface area (Å²) in [5, 5.41) is 7.28. The van der Waals surface area contributed by atoms with Gasteiger partial charge in [-0.1, -0.05) is 53.5 Å². The van der Waals surface area contributed by atoms with Crippen molar-refractivity contribution in [2.24, 2.45) is 5.10 Å². The number of hydrazone groups is 1. The van der Waals surface area contributed by atoms with Crippen LogP contribution in [0.15, 0.2) is 64.7 Å². The van der Waals surface area contributed by atoms with Gasteiger partial charge in [-0.3, -0.25) is 0 Å². The van der Waals surface area contributed by atoms with Crippen LogP contribution in [0, 0.1) is 0 Å². The molecule has 0 aliphatic rings. The second kappa shape index (κ2) is 9.42. The zero-order chi connectivity index (χ0) is 21.7. The van der Waals surface area contributed by atoms with E-state index in [0.717, 1.165) is 5.56 Å². The first kappa shape index (κ1) is 22.0. The Kier molecular flexibility index (Phi) is 6.91. The Bertz CT molecular complexity index is 1180. The van der Waals surface area contributed by atoms with E-state index in [1.807, 2.05) is 18.2 Å². The highest BCUT2D eigenvalue weighted by Gasteiger charge is 2.23. The molecule has 156 valence electrons. The van der Waals surface area contributed by atoms with Crippen molar-refractivity contribution in [2.75, 3.05) is 10.7 Å². The van der Waals surface area contributed by atoms with Gasteiger partial charge in [0.15, 0.2) is 15.7 Å². The molecule has 0 aliphatic carbocycles. The van der Waals surface area contributed by atoms with Crippen molar-refractivity contribution in [1.82, 2.24) is 9.97 Å². The Morgan fingerprint density at radius 3 is 2.47 bits per heavy atom. The SMILES string of the molecule is CC(C)S(=O)(=O)c1ccccc1Nc1nc(N/N=C/c2ccccc2Cl)ncc1Cl. The van der Waals surface area contributed by atoms with Crippen LogP contribution in [0.25, 0.3) is 0 Å². The quantitative estimate of drug-likeness (QED) is 0.371. The average molecular weight is 464 g/mol. The molecular formula is C20H19Cl2N5O2S. The van der Waals surface area contributed by atoms with E-state index in [2.05, 4.69) is 25.8 Å². The third-order valence-corrected chi connectivity index (χ3v) is 6.92. The van der Waals surface area contributed by atoms with Crippen molar-refractivity contribution in [3.05, 3.63) is 70.3 Å². The molecule has 0 amide bonds. The standard InChI is InChI=1S/C20H19Cl2N5O2S/c1-13(2)30(28,29)18-10-6-5-9-17(18)25-19-16(22)12-23-20(26-19)27-24-11-14-7-3-4-8-15(14)21/h3-13H,1-2H3,(H2,23,25,26,27)/b24-11+. The predicted octanol–water partition coefficient (Wildman–Crippen LogP) is 5.16. The smallest absolute Gasteiger partial charge is 0.245 e. The first-order valence-corrected chi connectivity index (χ1v) is 11.3. The number of sulfone groups is 1. The number of anilines is 3. The van der Waals surface area contributed by atoms with Gasteiger partial charge in [-0.05, 0) is 32.0 Å². The van der Waals surface area contributed by atoms with Crippen LogP contribution in [0.4, 0.5) is 17.5 Å². The van der Waals surface area contributed by atoms with E-state index in [4.69, 9.17) is 23.2 Å². The highest BCUT2D eigenvalue weighted by molar-refractivity contribution is 7.92. The molecule has 2 N–H and O–H groups in total. The second-order valence-corrected chi connectivity index (χ2v) is 9.78. The minimum absolute atomic E-state index is 0.168. The van der Waals surface area contributed by atoms with Crippen LogP contribution in [-0.4, -0.2) is 29.9 Å². The third-order valence-electron chi connectivity index (χ3n) is 4.08. The molecule has 1 aromatic heterocycles. The van der Waals surface area contributed by atoms with Gasteiger partial charge in [-0.25, -0.2) is 18.8 Å². The number of nitrogens with one attached hydrogen (secondary N) is 2. The Hall–Kier alpha value is -2.68. The van der Waals surface area contributed by atoms with Gasteiger partial charge in [0, 0.05) is 10.6 Å². The maximum atomic E-state index is 12.7. The number of para-hydroxylation sites is 1. The molecule has 2 aromatic carbocycles. The van der Waals surface area contributed by atoms with Crippen LogP contribution in [0.2, 0.25) is 10.0 Å². The van der Waals surface area contributed by atoms with E-state index in [-0.39, 0.29) is 21.7 Å². The molecule has 7 nitrogen and oxygen atoms in total. The van der Waals surface area contributed by atoms with E-state index in [0.29, 0.717) is 10.7 Å². The monoisotopic (exact) mass is 463 g/mol.